The van der Waals surface area contributed by atoms with Gasteiger partial charge in [-0.2, -0.15) is 18.4 Å². The number of hydrogen-bond acceptors (Lipinski definition) is 4. The molecular formula is C26H28F3N3O2. The fourth-order valence-corrected chi connectivity index (χ4v) is 5.28. The van der Waals surface area contributed by atoms with E-state index < -0.39 is 11.7 Å². The molecule has 0 spiro atoms. The molecule has 4 rings (SSSR count). The number of carbonyl (C=O) groups is 1. The molecule has 0 radical (unpaired) electrons. The molecule has 0 aliphatic carbocycles. The van der Waals surface area contributed by atoms with Crippen LogP contribution in [0.15, 0.2) is 42.5 Å². The maximum Gasteiger partial charge on any atom is 0.417 e. The van der Waals surface area contributed by atoms with Crippen LogP contribution in [0, 0.1) is 29.6 Å². The van der Waals surface area contributed by atoms with E-state index in [0.29, 0.717) is 44.9 Å². The predicted molar refractivity (Wildman–Crippen MR) is 122 cm³/mol. The number of nitriles is 1. The number of nitrogens with zero attached hydrogens (tertiary/aromatic N) is 3. The molecule has 2 aliphatic heterocycles. The van der Waals surface area contributed by atoms with Gasteiger partial charge >= 0.3 is 6.18 Å². The summed E-state index contributed by atoms with van der Waals surface area (Å²) in [5, 5.41) is 9.10. The number of ether oxygens (including phenoxy) is 1. The molecule has 2 aromatic carbocycles. The van der Waals surface area contributed by atoms with Crippen LogP contribution in [-0.4, -0.2) is 50.7 Å². The van der Waals surface area contributed by atoms with Gasteiger partial charge in [0, 0.05) is 50.3 Å². The quantitative estimate of drug-likeness (QED) is 0.648. The summed E-state index contributed by atoms with van der Waals surface area (Å²) in [6.45, 7) is 4.71. The van der Waals surface area contributed by atoms with E-state index in [2.05, 4.69) is 0 Å². The molecule has 0 N–H and O–H groups in total. The molecule has 34 heavy (non-hydrogen) atoms. The van der Waals surface area contributed by atoms with Crippen LogP contribution in [0.3, 0.4) is 0 Å². The number of rotatable bonds is 5. The molecule has 5 nitrogen and oxygen atoms in total. The van der Waals surface area contributed by atoms with E-state index in [1.165, 1.54) is 6.07 Å². The Morgan fingerprint density at radius 3 is 2.59 bits per heavy atom. The van der Waals surface area contributed by atoms with E-state index in [0.717, 1.165) is 23.6 Å². The summed E-state index contributed by atoms with van der Waals surface area (Å²) in [5.74, 6) is 0.138. The Bertz CT molecular complexity index is 1090. The first-order valence-electron chi connectivity index (χ1n) is 11.3. The molecule has 2 atom stereocenters. The van der Waals surface area contributed by atoms with Gasteiger partial charge in [0.25, 0.3) is 0 Å². The van der Waals surface area contributed by atoms with Gasteiger partial charge < -0.3 is 14.5 Å². The van der Waals surface area contributed by atoms with Gasteiger partial charge in [-0.25, -0.2) is 0 Å². The average molecular weight is 472 g/mol. The van der Waals surface area contributed by atoms with Gasteiger partial charge in [-0.05, 0) is 37.1 Å². The van der Waals surface area contributed by atoms with Gasteiger partial charge in [0.1, 0.15) is 0 Å². The lowest BCUT2D eigenvalue weighted by Gasteiger charge is -2.43. The molecule has 8 heteroatoms. The fraction of sp³-hybridized carbons (Fsp3) is 0.462. The van der Waals surface area contributed by atoms with Crippen molar-refractivity contribution in [3.05, 3.63) is 64.7 Å². The molecule has 2 fully saturated rings. The zero-order valence-corrected chi connectivity index (χ0v) is 19.4. The number of likely N-dealkylation sites (tertiary alicyclic amines) is 1. The van der Waals surface area contributed by atoms with Gasteiger partial charge in [-0.15, -0.1) is 0 Å². The summed E-state index contributed by atoms with van der Waals surface area (Å²) in [5.41, 5.74) is 1.01. The third-order valence-corrected chi connectivity index (χ3v) is 7.19. The number of methoxy groups -OCH3 is 1. The van der Waals surface area contributed by atoms with Crippen molar-refractivity contribution in [1.82, 2.24) is 4.90 Å². The van der Waals surface area contributed by atoms with Crippen LogP contribution in [0.4, 0.5) is 18.9 Å². The Hall–Kier alpha value is -3.05. The number of fused-ring (bicyclic) bond motifs is 1. The van der Waals surface area contributed by atoms with E-state index in [-0.39, 0.29) is 22.8 Å². The average Bonchev–Trinajstić information content (AvgIpc) is 3.18. The molecule has 0 saturated carbocycles. The number of carbonyl (C=O) groups excluding carboxylic acids is 1. The van der Waals surface area contributed by atoms with Crippen LogP contribution < -0.4 is 4.90 Å². The van der Waals surface area contributed by atoms with Gasteiger partial charge in [0.05, 0.1) is 30.2 Å². The first kappa shape index (κ1) is 24.1. The minimum atomic E-state index is -4.60. The third-order valence-electron chi connectivity index (χ3n) is 7.19. The van der Waals surface area contributed by atoms with E-state index >= 15 is 0 Å². The normalized spacial score (nSPS) is 22.4. The highest BCUT2D eigenvalue weighted by Crippen LogP contribution is 2.45. The number of hydrogen-bond donors (Lipinski definition) is 0. The van der Waals surface area contributed by atoms with Crippen molar-refractivity contribution < 1.29 is 22.7 Å². The van der Waals surface area contributed by atoms with E-state index in [1.54, 1.807) is 19.2 Å². The van der Waals surface area contributed by atoms with Crippen LogP contribution in [0.5, 0.6) is 0 Å². The Morgan fingerprint density at radius 2 is 1.94 bits per heavy atom. The Morgan fingerprint density at radius 1 is 1.21 bits per heavy atom. The minimum Gasteiger partial charge on any atom is -0.384 e. The van der Waals surface area contributed by atoms with Crippen LogP contribution in [0.25, 0.3) is 0 Å². The van der Waals surface area contributed by atoms with Gasteiger partial charge in [-0.3, -0.25) is 4.79 Å². The predicted octanol–water partition coefficient (Wildman–Crippen LogP) is 4.43. The molecule has 2 aromatic rings. The number of piperidine rings is 1. The monoisotopic (exact) mass is 471 g/mol. The molecule has 0 aromatic heterocycles. The summed E-state index contributed by atoms with van der Waals surface area (Å²) < 4.78 is 46.0. The zero-order valence-electron chi connectivity index (χ0n) is 19.4. The lowest BCUT2D eigenvalue weighted by molar-refractivity contribution is -0.138. The smallest absolute Gasteiger partial charge is 0.384 e. The first-order chi connectivity index (χ1) is 16.1. The topological polar surface area (TPSA) is 56.6 Å². The largest absolute Gasteiger partial charge is 0.417 e. The number of anilines is 1. The standard InChI is InChI=1S/C26H28F3N3O2/c1-18-3-5-19(6-4-18)11-24(33)31-10-9-25(17-34-2)16-32(15-21(25)14-31)22-8-7-20(13-30)23(12-22)26(27,28)29/h3-8,12,21H,9-11,14-17H2,1-2H3. The van der Waals surface area contributed by atoms with Crippen LogP contribution in [-0.2, 0) is 22.1 Å². The summed E-state index contributed by atoms with van der Waals surface area (Å²) >= 11 is 0. The second-order valence-electron chi connectivity index (χ2n) is 9.46. The summed E-state index contributed by atoms with van der Waals surface area (Å²) in [6.07, 6.45) is -3.54. The zero-order chi connectivity index (χ0) is 24.5. The van der Waals surface area contributed by atoms with Gasteiger partial charge in [0.15, 0.2) is 0 Å². The molecule has 1 amide bonds. The molecular weight excluding hydrogens is 443 g/mol. The summed E-state index contributed by atoms with van der Waals surface area (Å²) in [4.78, 5) is 16.8. The molecule has 180 valence electrons. The number of benzene rings is 2. The number of halogens is 3. The van der Waals surface area contributed by atoms with Crippen molar-refractivity contribution in [2.75, 3.05) is 44.8 Å². The second kappa shape index (κ2) is 9.30. The maximum atomic E-state index is 13.5. The Labute approximate surface area is 197 Å². The van der Waals surface area contributed by atoms with E-state index in [1.807, 2.05) is 41.0 Å². The molecule has 2 aliphatic rings. The lowest BCUT2D eigenvalue weighted by Crippen LogP contribution is -2.51. The highest BCUT2D eigenvalue weighted by Gasteiger charge is 2.50. The van der Waals surface area contributed by atoms with Crippen molar-refractivity contribution >= 4 is 11.6 Å². The SMILES string of the molecule is COCC12CCN(C(=O)Cc3ccc(C)cc3)CC1CN(c1ccc(C#N)c(C(F)(F)F)c1)C2. The van der Waals surface area contributed by atoms with Crippen LogP contribution in [0.2, 0.25) is 0 Å². The summed E-state index contributed by atoms with van der Waals surface area (Å²) in [6, 6.07) is 13.4. The van der Waals surface area contributed by atoms with Crippen molar-refractivity contribution in [3.8, 4) is 6.07 Å². The van der Waals surface area contributed by atoms with Crippen LogP contribution in [0.1, 0.15) is 28.7 Å². The highest BCUT2D eigenvalue weighted by atomic mass is 19.4. The number of alkyl halides is 3. The molecule has 0 bridgehead atoms. The summed E-state index contributed by atoms with van der Waals surface area (Å²) in [7, 11) is 1.63. The van der Waals surface area contributed by atoms with Crippen molar-refractivity contribution in [1.29, 1.82) is 5.26 Å². The third kappa shape index (κ3) is 4.76. The molecule has 2 saturated heterocycles. The first-order valence-corrected chi connectivity index (χ1v) is 11.3. The van der Waals surface area contributed by atoms with E-state index in [9.17, 15) is 18.0 Å². The van der Waals surface area contributed by atoms with Crippen molar-refractivity contribution in [2.24, 2.45) is 11.3 Å². The van der Waals surface area contributed by atoms with E-state index in [4.69, 9.17) is 10.00 Å². The number of aryl methyl sites for hydroxylation is 1. The van der Waals surface area contributed by atoms with Gasteiger partial charge in [0.2, 0.25) is 5.91 Å². The minimum absolute atomic E-state index is 0.0612. The van der Waals surface area contributed by atoms with Crippen LogP contribution >= 0.6 is 0 Å². The maximum absolute atomic E-state index is 13.5. The molecule has 2 unspecified atom stereocenters. The molecule has 2 heterocycles. The Kier molecular flexibility index (Phi) is 6.59. The van der Waals surface area contributed by atoms with Crippen molar-refractivity contribution in [3.63, 3.8) is 0 Å². The van der Waals surface area contributed by atoms with Gasteiger partial charge in [-0.1, -0.05) is 29.8 Å². The second-order valence-corrected chi connectivity index (χ2v) is 9.46. The lowest BCUT2D eigenvalue weighted by atomic mass is 9.73. The fourth-order valence-electron chi connectivity index (χ4n) is 5.28. The number of amides is 1. The highest BCUT2D eigenvalue weighted by molar-refractivity contribution is 5.79. The van der Waals surface area contributed by atoms with Crippen molar-refractivity contribution in [2.45, 2.75) is 25.9 Å². The Balaban J connectivity index is 1.53.